The minimum absolute atomic E-state index is 0.0215. The number of ether oxygens (including phenoxy) is 3. The molecule has 5 heteroatoms. The van der Waals surface area contributed by atoms with Gasteiger partial charge in [-0.2, -0.15) is 0 Å². The Kier molecular flexibility index (Phi) is 6.61. The van der Waals surface area contributed by atoms with E-state index in [1.807, 2.05) is 19.9 Å². The first-order valence-corrected chi connectivity index (χ1v) is 7.76. The number of Topliss-reactive ketones (excluding diaryl/α,β-unsaturated/α-hetero) is 1. The second kappa shape index (κ2) is 7.99. The van der Waals surface area contributed by atoms with Crippen LogP contribution in [0.3, 0.4) is 0 Å². The van der Waals surface area contributed by atoms with Crippen LogP contribution in [-0.4, -0.2) is 31.6 Å². The minimum atomic E-state index is -0.823. The standard InChI is InChI=1S/C18H26O5/c1-7-22-17(20)11-16(19)18(4,5)13-8-9-14(23-12(2)3)15(10-13)21-6/h8-10,12H,7,11H2,1-6H3. The summed E-state index contributed by atoms with van der Waals surface area (Å²) in [4.78, 5) is 24.0. The molecule has 0 radical (unpaired) electrons. The fraction of sp³-hybridized carbons (Fsp3) is 0.556. The van der Waals surface area contributed by atoms with Crippen LogP contribution < -0.4 is 9.47 Å². The van der Waals surface area contributed by atoms with Gasteiger partial charge in [-0.05, 0) is 52.3 Å². The van der Waals surface area contributed by atoms with Gasteiger partial charge in [0.25, 0.3) is 0 Å². The van der Waals surface area contributed by atoms with Crippen molar-refractivity contribution in [3.63, 3.8) is 0 Å². The molecule has 0 atom stereocenters. The Bertz CT molecular complexity index is 561. The lowest BCUT2D eigenvalue weighted by molar-refractivity contribution is -0.146. The van der Waals surface area contributed by atoms with Crippen LogP contribution in [0.2, 0.25) is 0 Å². The van der Waals surface area contributed by atoms with Crippen molar-refractivity contribution in [3.8, 4) is 11.5 Å². The Balaban J connectivity index is 3.03. The molecule has 0 saturated carbocycles. The molecule has 0 aliphatic heterocycles. The third-order valence-corrected chi connectivity index (χ3v) is 3.56. The Morgan fingerprint density at radius 1 is 1.17 bits per heavy atom. The van der Waals surface area contributed by atoms with Crippen molar-refractivity contribution in [1.29, 1.82) is 0 Å². The molecule has 0 spiro atoms. The predicted octanol–water partition coefficient (Wildman–Crippen LogP) is 3.28. The molecule has 23 heavy (non-hydrogen) atoms. The van der Waals surface area contributed by atoms with Crippen LogP contribution in [0, 0.1) is 0 Å². The Labute approximate surface area is 137 Å². The summed E-state index contributed by atoms with van der Waals surface area (Å²) >= 11 is 0. The zero-order valence-corrected chi connectivity index (χ0v) is 14.8. The molecule has 0 fully saturated rings. The Hall–Kier alpha value is -2.04. The van der Waals surface area contributed by atoms with E-state index in [4.69, 9.17) is 14.2 Å². The minimum Gasteiger partial charge on any atom is -0.493 e. The van der Waals surface area contributed by atoms with Gasteiger partial charge in [0.2, 0.25) is 0 Å². The summed E-state index contributed by atoms with van der Waals surface area (Å²) in [5.74, 6) is 0.487. The first kappa shape index (κ1) is 19.0. The van der Waals surface area contributed by atoms with Gasteiger partial charge in [-0.1, -0.05) is 6.07 Å². The molecular weight excluding hydrogens is 296 g/mol. The second-order valence-corrected chi connectivity index (χ2v) is 6.06. The van der Waals surface area contributed by atoms with Crippen LogP contribution in [0.4, 0.5) is 0 Å². The number of rotatable bonds is 8. The van der Waals surface area contributed by atoms with E-state index < -0.39 is 11.4 Å². The number of hydrogen-bond acceptors (Lipinski definition) is 5. The summed E-state index contributed by atoms with van der Waals surface area (Å²) in [5.41, 5.74) is -0.0594. The largest absolute Gasteiger partial charge is 0.493 e. The first-order valence-electron chi connectivity index (χ1n) is 7.76. The number of ketones is 1. The number of methoxy groups -OCH3 is 1. The molecule has 0 unspecified atom stereocenters. The summed E-state index contributed by atoms with van der Waals surface area (Å²) < 4.78 is 15.9. The molecule has 0 amide bonds. The lowest BCUT2D eigenvalue weighted by Gasteiger charge is -2.25. The highest BCUT2D eigenvalue weighted by Gasteiger charge is 2.32. The smallest absolute Gasteiger partial charge is 0.313 e. The van der Waals surface area contributed by atoms with Gasteiger partial charge in [0.1, 0.15) is 6.42 Å². The van der Waals surface area contributed by atoms with Gasteiger partial charge in [-0.3, -0.25) is 9.59 Å². The van der Waals surface area contributed by atoms with Gasteiger partial charge in [0, 0.05) is 5.41 Å². The van der Waals surface area contributed by atoms with Crippen LogP contribution in [0.25, 0.3) is 0 Å². The summed E-state index contributed by atoms with van der Waals surface area (Å²) in [7, 11) is 1.56. The number of esters is 1. The number of carbonyl (C=O) groups excluding carboxylic acids is 2. The van der Waals surface area contributed by atoms with Crippen molar-refractivity contribution in [2.24, 2.45) is 0 Å². The molecule has 1 aromatic carbocycles. The van der Waals surface area contributed by atoms with E-state index in [1.165, 1.54) is 0 Å². The van der Waals surface area contributed by atoms with Gasteiger partial charge < -0.3 is 14.2 Å². The van der Waals surface area contributed by atoms with Crippen molar-refractivity contribution in [1.82, 2.24) is 0 Å². The summed E-state index contributed by atoms with van der Waals surface area (Å²) in [6, 6.07) is 5.39. The van der Waals surface area contributed by atoms with Crippen molar-refractivity contribution in [3.05, 3.63) is 23.8 Å². The van der Waals surface area contributed by atoms with E-state index in [-0.39, 0.29) is 24.9 Å². The zero-order chi connectivity index (χ0) is 17.6. The monoisotopic (exact) mass is 322 g/mol. The topological polar surface area (TPSA) is 61.8 Å². The Morgan fingerprint density at radius 3 is 2.35 bits per heavy atom. The molecule has 0 aliphatic rings. The van der Waals surface area contributed by atoms with Gasteiger partial charge in [-0.15, -0.1) is 0 Å². The van der Waals surface area contributed by atoms with Crippen molar-refractivity contribution in [2.45, 2.75) is 52.6 Å². The summed E-state index contributed by atoms with van der Waals surface area (Å²) in [6.45, 7) is 9.41. The fourth-order valence-electron chi connectivity index (χ4n) is 2.13. The predicted molar refractivity (Wildman–Crippen MR) is 88.0 cm³/mol. The highest BCUT2D eigenvalue weighted by atomic mass is 16.5. The molecule has 128 valence electrons. The van der Waals surface area contributed by atoms with Crippen LogP contribution in [0.15, 0.2) is 18.2 Å². The van der Waals surface area contributed by atoms with Crippen LogP contribution in [0.1, 0.15) is 46.6 Å². The van der Waals surface area contributed by atoms with Crippen LogP contribution >= 0.6 is 0 Å². The molecule has 0 saturated heterocycles. The van der Waals surface area contributed by atoms with E-state index >= 15 is 0 Å². The molecule has 1 rings (SSSR count). The maximum Gasteiger partial charge on any atom is 0.313 e. The van der Waals surface area contributed by atoms with Crippen molar-refractivity contribution in [2.75, 3.05) is 13.7 Å². The van der Waals surface area contributed by atoms with E-state index in [1.54, 1.807) is 40.0 Å². The normalized spacial score (nSPS) is 11.3. The molecule has 0 heterocycles. The van der Waals surface area contributed by atoms with Gasteiger partial charge in [0.05, 0.1) is 19.8 Å². The SMILES string of the molecule is CCOC(=O)CC(=O)C(C)(C)c1ccc(OC(C)C)c(OC)c1. The highest BCUT2D eigenvalue weighted by Crippen LogP contribution is 2.34. The highest BCUT2D eigenvalue weighted by molar-refractivity contribution is 6.01. The van der Waals surface area contributed by atoms with Gasteiger partial charge in [0.15, 0.2) is 17.3 Å². The van der Waals surface area contributed by atoms with Crippen LogP contribution in [-0.2, 0) is 19.7 Å². The lowest BCUT2D eigenvalue weighted by Crippen LogP contribution is -2.31. The maximum absolute atomic E-state index is 12.4. The maximum atomic E-state index is 12.4. The quantitative estimate of drug-likeness (QED) is 0.543. The molecule has 0 aliphatic carbocycles. The first-order chi connectivity index (χ1) is 10.7. The lowest BCUT2D eigenvalue weighted by atomic mass is 9.79. The summed E-state index contributed by atoms with van der Waals surface area (Å²) in [6.07, 6.45) is -0.221. The van der Waals surface area contributed by atoms with Crippen LogP contribution in [0.5, 0.6) is 11.5 Å². The molecular formula is C18H26O5. The third kappa shape index (κ3) is 4.98. The van der Waals surface area contributed by atoms with E-state index in [0.29, 0.717) is 11.5 Å². The van der Waals surface area contributed by atoms with Crippen molar-refractivity contribution < 1.29 is 23.8 Å². The molecule has 0 bridgehead atoms. The Morgan fingerprint density at radius 2 is 1.83 bits per heavy atom. The molecule has 0 aromatic heterocycles. The summed E-state index contributed by atoms with van der Waals surface area (Å²) in [5, 5.41) is 0. The number of carbonyl (C=O) groups is 2. The van der Waals surface area contributed by atoms with Gasteiger partial charge in [-0.25, -0.2) is 0 Å². The fourth-order valence-corrected chi connectivity index (χ4v) is 2.13. The van der Waals surface area contributed by atoms with E-state index in [0.717, 1.165) is 5.56 Å². The zero-order valence-electron chi connectivity index (χ0n) is 14.8. The number of hydrogen-bond donors (Lipinski definition) is 0. The molecule has 5 nitrogen and oxygen atoms in total. The van der Waals surface area contributed by atoms with E-state index in [2.05, 4.69) is 0 Å². The van der Waals surface area contributed by atoms with Gasteiger partial charge >= 0.3 is 5.97 Å². The second-order valence-electron chi connectivity index (χ2n) is 6.06. The molecule has 1 aromatic rings. The molecule has 0 N–H and O–H groups in total. The third-order valence-electron chi connectivity index (χ3n) is 3.56. The number of benzene rings is 1. The van der Waals surface area contributed by atoms with E-state index in [9.17, 15) is 9.59 Å². The average Bonchev–Trinajstić information content (AvgIpc) is 2.46. The van der Waals surface area contributed by atoms with Crippen molar-refractivity contribution >= 4 is 11.8 Å². The average molecular weight is 322 g/mol.